The third kappa shape index (κ3) is 7.41. The highest BCUT2D eigenvalue weighted by molar-refractivity contribution is 14.0. The lowest BCUT2D eigenvalue weighted by atomic mass is 10.1. The Balaban J connectivity index is 0.00000341. The molecule has 0 atom stereocenters. The van der Waals surface area contributed by atoms with E-state index in [1.807, 2.05) is 17.0 Å². The summed E-state index contributed by atoms with van der Waals surface area (Å²) in [6.45, 7) is 5.08. The largest absolute Gasteiger partial charge is 0.496 e. The molecule has 3 rings (SSSR count). The molecule has 1 aliphatic rings. The van der Waals surface area contributed by atoms with Crippen molar-refractivity contribution in [3.05, 3.63) is 64.7 Å². The van der Waals surface area contributed by atoms with Gasteiger partial charge in [-0.05, 0) is 42.5 Å². The fourth-order valence-electron chi connectivity index (χ4n) is 3.75. The van der Waals surface area contributed by atoms with Crippen LogP contribution in [0.2, 0.25) is 0 Å². The first-order valence-corrected chi connectivity index (χ1v) is 10.5. The number of nitrogens with zero attached hydrogens (tertiary/aromatic N) is 2. The summed E-state index contributed by atoms with van der Waals surface area (Å²) in [5.74, 6) is 1.94. The molecule has 0 bridgehead atoms. The van der Waals surface area contributed by atoms with E-state index >= 15 is 0 Å². The highest BCUT2D eigenvalue weighted by atomic mass is 127. The van der Waals surface area contributed by atoms with Crippen molar-refractivity contribution in [2.45, 2.75) is 39.3 Å². The zero-order valence-electron chi connectivity index (χ0n) is 18.6. The van der Waals surface area contributed by atoms with Crippen LogP contribution in [0.1, 0.15) is 35.1 Å². The molecule has 1 aliphatic heterocycles. The maximum Gasteiger partial charge on any atom is 0.222 e. The average Bonchev–Trinajstić information content (AvgIpc) is 3.15. The summed E-state index contributed by atoms with van der Waals surface area (Å²) in [4.78, 5) is 18.1. The molecule has 6 nitrogen and oxygen atoms in total. The van der Waals surface area contributed by atoms with Gasteiger partial charge in [-0.25, -0.2) is 0 Å². The van der Waals surface area contributed by atoms with E-state index in [2.05, 4.69) is 52.9 Å². The lowest BCUT2D eigenvalue weighted by Crippen LogP contribution is -2.37. The maximum absolute atomic E-state index is 11.9. The standard InChI is InChI=1S/C24H32N4O2.HI/c1-18-9-10-22(30-3)21(14-18)11-12-26-24(25-2)27-16-19-6-4-7-20(15-19)17-28-13-5-8-23(28)29;/h4,6-7,9-10,14-15H,5,8,11-13,16-17H2,1-3H3,(H2,25,26,27);1H. The number of halogens is 1. The number of rotatable bonds is 8. The summed E-state index contributed by atoms with van der Waals surface area (Å²) in [5, 5.41) is 6.74. The Morgan fingerprint density at radius 1 is 1.16 bits per heavy atom. The molecule has 168 valence electrons. The van der Waals surface area contributed by atoms with Gasteiger partial charge in [0.1, 0.15) is 5.75 Å². The van der Waals surface area contributed by atoms with Gasteiger partial charge in [-0.3, -0.25) is 9.79 Å². The molecule has 0 spiro atoms. The molecule has 2 aromatic rings. The van der Waals surface area contributed by atoms with Crippen molar-refractivity contribution >= 4 is 35.8 Å². The van der Waals surface area contributed by atoms with E-state index in [4.69, 9.17) is 4.74 Å². The van der Waals surface area contributed by atoms with Crippen molar-refractivity contribution < 1.29 is 9.53 Å². The summed E-state index contributed by atoms with van der Waals surface area (Å²) < 4.78 is 5.46. The van der Waals surface area contributed by atoms with Crippen LogP contribution in [0.4, 0.5) is 0 Å². The van der Waals surface area contributed by atoms with Gasteiger partial charge >= 0.3 is 0 Å². The number of nitrogens with one attached hydrogen (secondary N) is 2. The second-order valence-electron chi connectivity index (χ2n) is 7.66. The molecule has 0 unspecified atom stereocenters. The Morgan fingerprint density at radius 2 is 1.97 bits per heavy atom. The molecule has 1 saturated heterocycles. The topological polar surface area (TPSA) is 66.0 Å². The summed E-state index contributed by atoms with van der Waals surface area (Å²) in [5.41, 5.74) is 4.75. The summed E-state index contributed by atoms with van der Waals surface area (Å²) in [6.07, 6.45) is 2.50. The highest BCUT2D eigenvalue weighted by Crippen LogP contribution is 2.19. The first-order valence-electron chi connectivity index (χ1n) is 10.5. The summed E-state index contributed by atoms with van der Waals surface area (Å²) >= 11 is 0. The lowest BCUT2D eigenvalue weighted by Gasteiger charge is -2.17. The predicted molar refractivity (Wildman–Crippen MR) is 136 cm³/mol. The fraction of sp³-hybridized carbons (Fsp3) is 0.417. The molecule has 31 heavy (non-hydrogen) atoms. The van der Waals surface area contributed by atoms with Crippen molar-refractivity contribution in [1.29, 1.82) is 0 Å². The van der Waals surface area contributed by atoms with Gasteiger partial charge in [0.2, 0.25) is 5.91 Å². The number of aryl methyl sites for hydroxylation is 1. The Bertz CT molecular complexity index is 901. The molecular weight excluding hydrogens is 503 g/mol. The average molecular weight is 536 g/mol. The highest BCUT2D eigenvalue weighted by Gasteiger charge is 2.19. The van der Waals surface area contributed by atoms with E-state index in [0.29, 0.717) is 19.5 Å². The van der Waals surface area contributed by atoms with Crippen molar-refractivity contribution in [3.63, 3.8) is 0 Å². The number of carbonyl (C=O) groups excluding carboxylic acids is 1. The lowest BCUT2D eigenvalue weighted by molar-refractivity contribution is -0.128. The first-order chi connectivity index (χ1) is 14.6. The van der Waals surface area contributed by atoms with E-state index in [1.165, 1.54) is 22.3 Å². The van der Waals surface area contributed by atoms with Crippen LogP contribution in [0.3, 0.4) is 0 Å². The van der Waals surface area contributed by atoms with E-state index in [0.717, 1.165) is 37.6 Å². The molecular formula is C24H33IN4O2. The number of hydrogen-bond acceptors (Lipinski definition) is 3. The van der Waals surface area contributed by atoms with E-state index in [9.17, 15) is 4.79 Å². The van der Waals surface area contributed by atoms with E-state index in [-0.39, 0.29) is 29.9 Å². The van der Waals surface area contributed by atoms with Crippen molar-refractivity contribution in [3.8, 4) is 5.75 Å². The van der Waals surface area contributed by atoms with Gasteiger partial charge in [-0.1, -0.05) is 42.0 Å². The third-order valence-corrected chi connectivity index (χ3v) is 5.34. The molecule has 0 saturated carbocycles. The Morgan fingerprint density at radius 3 is 2.68 bits per heavy atom. The summed E-state index contributed by atoms with van der Waals surface area (Å²) in [7, 11) is 3.48. The number of methoxy groups -OCH3 is 1. The van der Waals surface area contributed by atoms with Crippen LogP contribution in [-0.4, -0.2) is 44.0 Å². The quantitative estimate of drug-likeness (QED) is 0.307. The number of guanidine groups is 1. The van der Waals surface area contributed by atoms with Crippen LogP contribution in [0.15, 0.2) is 47.5 Å². The smallest absolute Gasteiger partial charge is 0.222 e. The van der Waals surface area contributed by atoms with Gasteiger partial charge in [0, 0.05) is 39.6 Å². The van der Waals surface area contributed by atoms with Gasteiger partial charge in [0.15, 0.2) is 5.96 Å². The normalized spacial score (nSPS) is 13.7. The number of likely N-dealkylation sites (tertiary alicyclic amines) is 1. The van der Waals surface area contributed by atoms with Crippen LogP contribution in [0, 0.1) is 6.92 Å². The molecule has 1 fully saturated rings. The summed E-state index contributed by atoms with van der Waals surface area (Å²) in [6, 6.07) is 14.6. The molecule has 7 heteroatoms. The number of amides is 1. The van der Waals surface area contributed by atoms with Gasteiger partial charge in [0.25, 0.3) is 0 Å². The van der Waals surface area contributed by atoms with Gasteiger partial charge in [-0.2, -0.15) is 0 Å². The molecule has 0 radical (unpaired) electrons. The molecule has 2 N–H and O–H groups in total. The van der Waals surface area contributed by atoms with Crippen molar-refractivity contribution in [2.75, 3.05) is 27.2 Å². The molecule has 2 aromatic carbocycles. The van der Waals surface area contributed by atoms with Crippen LogP contribution >= 0.6 is 24.0 Å². The minimum atomic E-state index is 0. The van der Waals surface area contributed by atoms with E-state index in [1.54, 1.807) is 14.2 Å². The molecule has 0 aliphatic carbocycles. The monoisotopic (exact) mass is 536 g/mol. The zero-order chi connectivity index (χ0) is 21.3. The third-order valence-electron chi connectivity index (χ3n) is 5.34. The van der Waals surface area contributed by atoms with Crippen LogP contribution in [-0.2, 0) is 24.3 Å². The van der Waals surface area contributed by atoms with Crippen LogP contribution in [0.25, 0.3) is 0 Å². The minimum absolute atomic E-state index is 0. The second-order valence-corrected chi connectivity index (χ2v) is 7.66. The van der Waals surface area contributed by atoms with Gasteiger partial charge < -0.3 is 20.3 Å². The van der Waals surface area contributed by atoms with Crippen molar-refractivity contribution in [2.24, 2.45) is 4.99 Å². The molecule has 0 aromatic heterocycles. The van der Waals surface area contributed by atoms with Crippen LogP contribution < -0.4 is 15.4 Å². The van der Waals surface area contributed by atoms with Crippen molar-refractivity contribution in [1.82, 2.24) is 15.5 Å². The van der Waals surface area contributed by atoms with Gasteiger partial charge in [0.05, 0.1) is 7.11 Å². The zero-order valence-corrected chi connectivity index (χ0v) is 20.9. The number of benzene rings is 2. The number of ether oxygens (including phenoxy) is 1. The Kier molecular flexibility index (Phi) is 10.1. The Labute approximate surface area is 202 Å². The molecule has 1 heterocycles. The predicted octanol–water partition coefficient (Wildman–Crippen LogP) is 3.65. The molecule has 1 amide bonds. The Hall–Kier alpha value is -2.29. The number of hydrogen-bond donors (Lipinski definition) is 2. The fourth-order valence-corrected chi connectivity index (χ4v) is 3.75. The van der Waals surface area contributed by atoms with E-state index < -0.39 is 0 Å². The van der Waals surface area contributed by atoms with Gasteiger partial charge in [-0.15, -0.1) is 24.0 Å². The maximum atomic E-state index is 11.9. The second kappa shape index (κ2) is 12.5. The number of carbonyl (C=O) groups is 1. The first kappa shape index (κ1) is 25.0. The minimum Gasteiger partial charge on any atom is -0.496 e. The number of aliphatic imine (C=N–C) groups is 1. The SMILES string of the molecule is CN=C(NCCc1cc(C)ccc1OC)NCc1cccc(CN2CCCC2=O)c1.I. The van der Waals surface area contributed by atoms with Crippen LogP contribution in [0.5, 0.6) is 5.75 Å².